The summed E-state index contributed by atoms with van der Waals surface area (Å²) in [5.41, 5.74) is 4.47. The molecule has 4 nitrogen and oxygen atoms in total. The van der Waals surface area contributed by atoms with Crippen LogP contribution < -0.4 is 4.74 Å². The van der Waals surface area contributed by atoms with Crippen LogP contribution in [0.2, 0.25) is 0 Å². The van der Waals surface area contributed by atoms with Crippen LogP contribution in [0.5, 0.6) is 5.75 Å². The van der Waals surface area contributed by atoms with E-state index in [1.807, 2.05) is 19.2 Å². The smallest absolute Gasteiger partial charge is 0.154 e. The average molecular weight is 255 g/mol. The van der Waals surface area contributed by atoms with Gasteiger partial charge in [-0.2, -0.15) is 0 Å². The highest BCUT2D eigenvalue weighted by molar-refractivity contribution is 5.96. The molecule has 0 spiro atoms. The Hall–Kier alpha value is -2.10. The molecule has 3 rings (SSSR count). The standard InChI is InChI=1S/C15H17N3O/c1-10-8-12(4-5-14(10)19-3)13-9-17-15-11(2)16-6-7-18(13)15/h4-5,8-9H,6-7H2,1-3H3. The number of nitrogens with zero attached hydrogens (tertiary/aromatic N) is 3. The van der Waals surface area contributed by atoms with E-state index in [4.69, 9.17) is 4.74 Å². The number of benzene rings is 1. The maximum absolute atomic E-state index is 5.31. The molecule has 19 heavy (non-hydrogen) atoms. The van der Waals surface area contributed by atoms with Crippen molar-refractivity contribution in [3.8, 4) is 17.0 Å². The molecule has 0 saturated carbocycles. The van der Waals surface area contributed by atoms with Gasteiger partial charge in [-0.05, 0) is 37.6 Å². The lowest BCUT2D eigenvalue weighted by atomic mass is 10.1. The number of aryl methyl sites for hydroxylation is 1. The summed E-state index contributed by atoms with van der Waals surface area (Å²) in [6.45, 7) is 5.80. The largest absolute Gasteiger partial charge is 0.496 e. The summed E-state index contributed by atoms with van der Waals surface area (Å²) in [6.07, 6.45) is 1.93. The van der Waals surface area contributed by atoms with E-state index in [1.165, 1.54) is 5.56 Å². The lowest BCUT2D eigenvalue weighted by Crippen LogP contribution is -2.17. The predicted molar refractivity (Wildman–Crippen MR) is 76.0 cm³/mol. The molecule has 1 aromatic carbocycles. The molecule has 1 aliphatic rings. The first-order valence-corrected chi connectivity index (χ1v) is 6.42. The van der Waals surface area contributed by atoms with Gasteiger partial charge in [-0.1, -0.05) is 0 Å². The lowest BCUT2D eigenvalue weighted by Gasteiger charge is -2.15. The maximum atomic E-state index is 5.31. The van der Waals surface area contributed by atoms with E-state index in [9.17, 15) is 0 Å². The monoisotopic (exact) mass is 255 g/mol. The van der Waals surface area contributed by atoms with Gasteiger partial charge in [0.15, 0.2) is 5.82 Å². The Balaban J connectivity index is 2.09. The van der Waals surface area contributed by atoms with Gasteiger partial charge in [-0.15, -0.1) is 0 Å². The minimum Gasteiger partial charge on any atom is -0.496 e. The Morgan fingerprint density at radius 2 is 2.11 bits per heavy atom. The third-order valence-electron chi connectivity index (χ3n) is 3.54. The maximum Gasteiger partial charge on any atom is 0.154 e. The molecule has 0 fully saturated rings. The zero-order chi connectivity index (χ0) is 13.4. The Morgan fingerprint density at radius 3 is 2.84 bits per heavy atom. The van der Waals surface area contributed by atoms with E-state index in [-0.39, 0.29) is 0 Å². The average Bonchev–Trinajstić information content (AvgIpc) is 2.84. The van der Waals surface area contributed by atoms with Crippen LogP contribution in [0.4, 0.5) is 0 Å². The third kappa shape index (κ3) is 1.93. The number of rotatable bonds is 2. The van der Waals surface area contributed by atoms with E-state index >= 15 is 0 Å². The van der Waals surface area contributed by atoms with Crippen LogP contribution >= 0.6 is 0 Å². The zero-order valence-corrected chi connectivity index (χ0v) is 11.5. The van der Waals surface area contributed by atoms with Gasteiger partial charge in [0.25, 0.3) is 0 Å². The summed E-state index contributed by atoms with van der Waals surface area (Å²) in [6, 6.07) is 6.23. The number of hydrogen-bond acceptors (Lipinski definition) is 3. The topological polar surface area (TPSA) is 39.4 Å². The molecule has 0 aliphatic carbocycles. The molecule has 0 radical (unpaired) electrons. The van der Waals surface area contributed by atoms with Crippen molar-refractivity contribution >= 4 is 5.71 Å². The highest BCUT2D eigenvalue weighted by Crippen LogP contribution is 2.27. The van der Waals surface area contributed by atoms with Crippen molar-refractivity contribution in [3.05, 3.63) is 35.8 Å². The number of methoxy groups -OCH3 is 1. The van der Waals surface area contributed by atoms with Gasteiger partial charge in [0.2, 0.25) is 0 Å². The summed E-state index contributed by atoms with van der Waals surface area (Å²) < 4.78 is 7.55. The molecular weight excluding hydrogens is 238 g/mol. The fraction of sp³-hybridized carbons (Fsp3) is 0.333. The SMILES string of the molecule is COc1ccc(-c2cnc3n2CCN=C3C)cc1C. The number of ether oxygens (including phenoxy) is 1. The van der Waals surface area contributed by atoms with Gasteiger partial charge in [-0.3, -0.25) is 4.99 Å². The van der Waals surface area contributed by atoms with Crippen LogP contribution in [0, 0.1) is 6.92 Å². The number of fused-ring (bicyclic) bond motifs is 1. The van der Waals surface area contributed by atoms with Gasteiger partial charge in [-0.25, -0.2) is 4.98 Å². The molecule has 0 N–H and O–H groups in total. The predicted octanol–water partition coefficient (Wildman–Crippen LogP) is 2.69. The summed E-state index contributed by atoms with van der Waals surface area (Å²) in [7, 11) is 1.70. The van der Waals surface area contributed by atoms with Gasteiger partial charge in [0, 0.05) is 12.1 Å². The van der Waals surface area contributed by atoms with E-state index in [1.54, 1.807) is 7.11 Å². The summed E-state index contributed by atoms with van der Waals surface area (Å²) in [5, 5.41) is 0. The van der Waals surface area contributed by atoms with Crippen molar-refractivity contribution in [1.82, 2.24) is 9.55 Å². The zero-order valence-electron chi connectivity index (χ0n) is 11.5. The first kappa shape index (κ1) is 12.0. The van der Waals surface area contributed by atoms with Gasteiger partial charge >= 0.3 is 0 Å². The van der Waals surface area contributed by atoms with E-state index in [2.05, 4.69) is 33.6 Å². The molecular formula is C15H17N3O. The fourth-order valence-electron chi connectivity index (χ4n) is 2.55. The van der Waals surface area contributed by atoms with E-state index < -0.39 is 0 Å². The minimum absolute atomic E-state index is 0.831. The minimum atomic E-state index is 0.831. The second kappa shape index (κ2) is 4.53. The molecule has 98 valence electrons. The lowest BCUT2D eigenvalue weighted by molar-refractivity contribution is 0.412. The summed E-state index contributed by atoms with van der Waals surface area (Å²) >= 11 is 0. The van der Waals surface area contributed by atoms with Crippen molar-refractivity contribution in [2.45, 2.75) is 20.4 Å². The van der Waals surface area contributed by atoms with E-state index in [0.29, 0.717) is 0 Å². The number of aliphatic imine (C=N–C) groups is 1. The molecule has 4 heteroatoms. The molecule has 0 atom stereocenters. The molecule has 1 aliphatic heterocycles. The molecule has 0 bridgehead atoms. The Morgan fingerprint density at radius 1 is 1.26 bits per heavy atom. The van der Waals surface area contributed by atoms with Crippen molar-refractivity contribution in [1.29, 1.82) is 0 Å². The number of imidazole rings is 1. The Kier molecular flexibility index (Phi) is 2.85. The Bertz CT molecular complexity index is 655. The molecule has 2 heterocycles. The van der Waals surface area contributed by atoms with Crippen LogP contribution in [0.1, 0.15) is 18.3 Å². The highest BCUT2D eigenvalue weighted by Gasteiger charge is 2.17. The summed E-state index contributed by atoms with van der Waals surface area (Å²) in [5.74, 6) is 1.90. The highest BCUT2D eigenvalue weighted by atomic mass is 16.5. The summed E-state index contributed by atoms with van der Waals surface area (Å²) in [4.78, 5) is 8.92. The fourth-order valence-corrected chi connectivity index (χ4v) is 2.55. The quantitative estimate of drug-likeness (QED) is 0.827. The van der Waals surface area contributed by atoms with Crippen molar-refractivity contribution in [2.75, 3.05) is 13.7 Å². The Labute approximate surface area is 112 Å². The second-order valence-corrected chi connectivity index (χ2v) is 4.77. The van der Waals surface area contributed by atoms with Crippen molar-refractivity contribution in [3.63, 3.8) is 0 Å². The van der Waals surface area contributed by atoms with Gasteiger partial charge < -0.3 is 9.30 Å². The molecule has 0 saturated heterocycles. The first-order valence-electron chi connectivity index (χ1n) is 6.42. The number of aromatic nitrogens is 2. The molecule has 0 amide bonds. The number of hydrogen-bond donors (Lipinski definition) is 0. The van der Waals surface area contributed by atoms with Crippen LogP contribution in [0.3, 0.4) is 0 Å². The van der Waals surface area contributed by atoms with Crippen LogP contribution in [0.15, 0.2) is 29.4 Å². The van der Waals surface area contributed by atoms with Crippen molar-refractivity contribution in [2.24, 2.45) is 4.99 Å². The van der Waals surface area contributed by atoms with E-state index in [0.717, 1.165) is 41.6 Å². The van der Waals surface area contributed by atoms with Gasteiger partial charge in [0.05, 0.1) is 31.3 Å². The van der Waals surface area contributed by atoms with Gasteiger partial charge in [0.1, 0.15) is 5.75 Å². The second-order valence-electron chi connectivity index (χ2n) is 4.77. The third-order valence-corrected chi connectivity index (χ3v) is 3.54. The van der Waals surface area contributed by atoms with Crippen LogP contribution in [-0.2, 0) is 6.54 Å². The molecule has 2 aromatic rings. The van der Waals surface area contributed by atoms with Crippen molar-refractivity contribution < 1.29 is 4.74 Å². The van der Waals surface area contributed by atoms with Crippen LogP contribution in [-0.4, -0.2) is 28.9 Å². The van der Waals surface area contributed by atoms with Crippen LogP contribution in [0.25, 0.3) is 11.3 Å². The molecule has 1 aromatic heterocycles. The first-order chi connectivity index (χ1) is 9.20. The normalized spacial score (nSPS) is 13.9. The molecule has 0 unspecified atom stereocenters.